The van der Waals surface area contributed by atoms with E-state index in [0.29, 0.717) is 5.69 Å². The van der Waals surface area contributed by atoms with Crippen LogP contribution < -0.4 is 16.8 Å². The predicted octanol–water partition coefficient (Wildman–Crippen LogP) is 2.74. The molecule has 0 spiro atoms. The van der Waals surface area contributed by atoms with E-state index in [9.17, 15) is 24.0 Å². The van der Waals surface area contributed by atoms with Gasteiger partial charge < -0.3 is 4.98 Å². The van der Waals surface area contributed by atoms with Gasteiger partial charge in [0, 0.05) is 17.7 Å². The van der Waals surface area contributed by atoms with Crippen molar-refractivity contribution in [2.45, 2.75) is 26.3 Å². The van der Waals surface area contributed by atoms with Gasteiger partial charge in [0.15, 0.2) is 0 Å². The zero-order valence-corrected chi connectivity index (χ0v) is 17.7. The third-order valence-corrected chi connectivity index (χ3v) is 5.27. The van der Waals surface area contributed by atoms with Gasteiger partial charge in [0.25, 0.3) is 5.56 Å². The number of aromatic amines is 1. The standard InChI is InChI=1S/C23H16ClFN4O3/c1-13-10-16(12-20(30)27-13)29-22(31)21(15-5-6-18(25)17(24)11-15)19(7-4-14-2-3-14)28(9-8-26)23(29)32/h5-6,10-12,14H,2-3,9H2,1H3,(H,27,30). The van der Waals surface area contributed by atoms with Crippen molar-refractivity contribution in [2.24, 2.45) is 5.92 Å². The van der Waals surface area contributed by atoms with E-state index in [1.807, 2.05) is 6.07 Å². The number of nitriles is 1. The first-order valence-electron chi connectivity index (χ1n) is 9.75. The van der Waals surface area contributed by atoms with E-state index in [0.717, 1.165) is 34.1 Å². The summed E-state index contributed by atoms with van der Waals surface area (Å²) in [5.41, 5.74) is -1.29. The number of aromatic nitrogens is 3. The third-order valence-electron chi connectivity index (χ3n) is 4.98. The van der Waals surface area contributed by atoms with Gasteiger partial charge >= 0.3 is 5.69 Å². The van der Waals surface area contributed by atoms with Crippen molar-refractivity contribution in [3.8, 4) is 34.7 Å². The van der Waals surface area contributed by atoms with Gasteiger partial charge in [0.1, 0.15) is 18.1 Å². The van der Waals surface area contributed by atoms with Crippen molar-refractivity contribution >= 4 is 11.6 Å². The number of aryl methyl sites for hydroxylation is 1. The molecule has 4 rings (SSSR count). The summed E-state index contributed by atoms with van der Waals surface area (Å²) in [5, 5.41) is 9.14. The molecule has 32 heavy (non-hydrogen) atoms. The number of benzene rings is 1. The van der Waals surface area contributed by atoms with Crippen molar-refractivity contribution in [1.29, 1.82) is 5.26 Å². The lowest BCUT2D eigenvalue weighted by Gasteiger charge is -2.15. The van der Waals surface area contributed by atoms with E-state index >= 15 is 0 Å². The second kappa shape index (κ2) is 8.33. The molecular weight excluding hydrogens is 435 g/mol. The second-order valence-corrected chi connectivity index (χ2v) is 7.86. The molecule has 0 radical (unpaired) electrons. The summed E-state index contributed by atoms with van der Waals surface area (Å²) in [4.78, 5) is 41.4. The maximum absolute atomic E-state index is 13.8. The van der Waals surface area contributed by atoms with E-state index in [1.54, 1.807) is 6.92 Å². The normalized spacial score (nSPS) is 12.7. The monoisotopic (exact) mass is 450 g/mol. The highest BCUT2D eigenvalue weighted by Crippen LogP contribution is 2.29. The molecule has 1 aliphatic rings. The van der Waals surface area contributed by atoms with Crippen LogP contribution in [0.4, 0.5) is 4.39 Å². The van der Waals surface area contributed by atoms with Crippen LogP contribution in [0.25, 0.3) is 16.8 Å². The Labute approximate surface area is 186 Å². The molecule has 0 aliphatic heterocycles. The zero-order chi connectivity index (χ0) is 23.0. The average molecular weight is 451 g/mol. The second-order valence-electron chi connectivity index (χ2n) is 7.45. The number of halogens is 2. The number of nitrogens with zero attached hydrogens (tertiary/aromatic N) is 3. The summed E-state index contributed by atoms with van der Waals surface area (Å²) in [6.07, 6.45) is 1.83. The first kappa shape index (κ1) is 21.4. The van der Waals surface area contributed by atoms with Gasteiger partial charge in [-0.05, 0) is 49.4 Å². The van der Waals surface area contributed by atoms with Gasteiger partial charge in [-0.1, -0.05) is 23.6 Å². The molecule has 0 saturated heterocycles. The molecule has 1 aromatic carbocycles. The SMILES string of the molecule is Cc1cc(-n2c(=O)c(-c3ccc(F)c(Cl)c3)c(C#CC3CC3)n(CC#N)c2=O)cc(=O)[nH]1. The molecular formula is C23H16ClFN4O3. The van der Waals surface area contributed by atoms with Crippen molar-refractivity contribution < 1.29 is 4.39 Å². The maximum atomic E-state index is 13.8. The van der Waals surface area contributed by atoms with E-state index in [1.165, 1.54) is 18.2 Å². The molecule has 1 fully saturated rings. The molecule has 1 N–H and O–H groups in total. The third kappa shape index (κ3) is 4.01. The molecule has 0 unspecified atom stereocenters. The van der Waals surface area contributed by atoms with E-state index in [2.05, 4.69) is 16.8 Å². The molecule has 2 heterocycles. The van der Waals surface area contributed by atoms with Gasteiger partial charge in [0.05, 0.1) is 22.3 Å². The Morgan fingerprint density at radius 1 is 1.22 bits per heavy atom. The highest BCUT2D eigenvalue weighted by Gasteiger charge is 2.23. The number of nitrogens with one attached hydrogen (secondary N) is 1. The minimum Gasteiger partial charge on any atom is -0.326 e. The molecule has 7 nitrogen and oxygen atoms in total. The Kier molecular flexibility index (Phi) is 5.56. The van der Waals surface area contributed by atoms with Crippen molar-refractivity contribution in [3.05, 3.63) is 83.8 Å². The van der Waals surface area contributed by atoms with Gasteiger partial charge in [-0.2, -0.15) is 5.26 Å². The molecule has 0 atom stereocenters. The lowest BCUT2D eigenvalue weighted by molar-refractivity contribution is 0.628. The van der Waals surface area contributed by atoms with Gasteiger partial charge in [0.2, 0.25) is 5.56 Å². The fourth-order valence-electron chi connectivity index (χ4n) is 3.33. The summed E-state index contributed by atoms with van der Waals surface area (Å²) < 4.78 is 15.7. The highest BCUT2D eigenvalue weighted by molar-refractivity contribution is 6.31. The van der Waals surface area contributed by atoms with Crippen LogP contribution in [-0.2, 0) is 6.54 Å². The van der Waals surface area contributed by atoms with Crippen LogP contribution in [0.1, 0.15) is 24.2 Å². The lowest BCUT2D eigenvalue weighted by atomic mass is 10.0. The number of hydrogen-bond acceptors (Lipinski definition) is 4. The fourth-order valence-corrected chi connectivity index (χ4v) is 3.51. The van der Waals surface area contributed by atoms with Crippen LogP contribution in [0.15, 0.2) is 44.7 Å². The maximum Gasteiger partial charge on any atom is 0.337 e. The van der Waals surface area contributed by atoms with Gasteiger partial charge in [-0.3, -0.25) is 14.2 Å². The zero-order valence-electron chi connectivity index (χ0n) is 16.9. The Bertz CT molecular complexity index is 1530. The molecule has 1 aliphatic carbocycles. The molecule has 2 aromatic heterocycles. The van der Waals surface area contributed by atoms with E-state index < -0.39 is 22.6 Å². The smallest absolute Gasteiger partial charge is 0.326 e. The minimum atomic E-state index is -0.807. The topological polar surface area (TPSA) is 101 Å². The van der Waals surface area contributed by atoms with Crippen LogP contribution in [-0.4, -0.2) is 14.1 Å². The van der Waals surface area contributed by atoms with Crippen LogP contribution >= 0.6 is 11.6 Å². The van der Waals surface area contributed by atoms with Gasteiger partial charge in [-0.25, -0.2) is 13.8 Å². The summed E-state index contributed by atoms with van der Waals surface area (Å²) >= 11 is 5.95. The number of pyridine rings is 1. The van der Waals surface area contributed by atoms with Crippen molar-refractivity contribution in [1.82, 2.24) is 14.1 Å². The number of rotatable bonds is 3. The Morgan fingerprint density at radius 2 is 1.97 bits per heavy atom. The van der Waals surface area contributed by atoms with E-state index in [4.69, 9.17) is 11.6 Å². The first-order chi connectivity index (χ1) is 15.3. The summed E-state index contributed by atoms with van der Waals surface area (Å²) in [7, 11) is 0. The van der Waals surface area contributed by atoms with Crippen molar-refractivity contribution in [2.75, 3.05) is 0 Å². The quantitative estimate of drug-likeness (QED) is 0.620. The predicted molar refractivity (Wildman–Crippen MR) is 117 cm³/mol. The molecule has 0 amide bonds. The lowest BCUT2D eigenvalue weighted by Crippen LogP contribution is -2.41. The Balaban J connectivity index is 2.15. The van der Waals surface area contributed by atoms with E-state index in [-0.39, 0.29) is 40.0 Å². The largest absolute Gasteiger partial charge is 0.337 e. The van der Waals surface area contributed by atoms with Crippen LogP contribution in [0.3, 0.4) is 0 Å². The van der Waals surface area contributed by atoms with Crippen LogP contribution in [0, 0.1) is 41.8 Å². The summed E-state index contributed by atoms with van der Waals surface area (Å²) in [5.74, 6) is 5.38. The minimum absolute atomic E-state index is 0.00663. The fraction of sp³-hybridized carbons (Fsp3) is 0.217. The van der Waals surface area contributed by atoms with Crippen LogP contribution in [0.5, 0.6) is 0 Å². The average Bonchev–Trinajstić information content (AvgIpc) is 3.55. The first-order valence-corrected chi connectivity index (χ1v) is 10.1. The van der Waals surface area contributed by atoms with Crippen molar-refractivity contribution in [3.63, 3.8) is 0 Å². The highest BCUT2D eigenvalue weighted by atomic mass is 35.5. The summed E-state index contributed by atoms with van der Waals surface area (Å²) in [6, 6.07) is 8.23. The molecule has 3 aromatic rings. The Morgan fingerprint density at radius 3 is 2.59 bits per heavy atom. The Hall–Kier alpha value is -3.88. The van der Waals surface area contributed by atoms with Crippen LogP contribution in [0.2, 0.25) is 5.02 Å². The molecule has 0 bridgehead atoms. The summed E-state index contributed by atoms with van der Waals surface area (Å²) in [6.45, 7) is 1.23. The number of hydrogen-bond donors (Lipinski definition) is 1. The number of H-pyrrole nitrogens is 1. The molecule has 9 heteroatoms. The van der Waals surface area contributed by atoms with Gasteiger partial charge in [-0.15, -0.1) is 0 Å². The molecule has 160 valence electrons. The molecule has 1 saturated carbocycles.